The number of nitrogens with zero attached hydrogens (tertiary/aromatic N) is 1. The number of aliphatic hydroxyl groups excluding tert-OH is 1. The van der Waals surface area contributed by atoms with Crippen molar-refractivity contribution in [3.8, 4) is 0 Å². The Morgan fingerprint density at radius 1 is 1.21 bits per heavy atom. The van der Waals surface area contributed by atoms with E-state index in [1.165, 1.54) is 0 Å². The maximum atomic E-state index is 10.6. The van der Waals surface area contributed by atoms with E-state index >= 15 is 0 Å². The van der Waals surface area contributed by atoms with Crippen molar-refractivity contribution in [2.45, 2.75) is 63.7 Å². The second-order valence-electron chi connectivity index (χ2n) is 8.64. The van der Waals surface area contributed by atoms with E-state index in [1.54, 1.807) is 0 Å². The average Bonchev–Trinajstić information content (AvgIpc) is 2.64. The Labute approximate surface area is 169 Å². The third kappa shape index (κ3) is 5.89. The van der Waals surface area contributed by atoms with Gasteiger partial charge in [0.15, 0.2) is 6.29 Å². The van der Waals surface area contributed by atoms with Crippen LogP contribution in [0.1, 0.15) is 12.5 Å². The fraction of sp³-hybridized carbons (Fsp3) is 0.619. The van der Waals surface area contributed by atoms with E-state index in [9.17, 15) is 5.11 Å². The van der Waals surface area contributed by atoms with Gasteiger partial charge in [0.2, 0.25) is 0 Å². The van der Waals surface area contributed by atoms with Crippen LogP contribution in [0.2, 0.25) is 25.7 Å². The van der Waals surface area contributed by atoms with Gasteiger partial charge in [-0.1, -0.05) is 50.0 Å². The van der Waals surface area contributed by atoms with Crippen molar-refractivity contribution >= 4 is 8.07 Å². The number of rotatable bonds is 7. The van der Waals surface area contributed by atoms with Crippen LogP contribution in [0.25, 0.3) is 0 Å². The quantitative estimate of drug-likeness (QED) is 0.701. The second-order valence-corrected chi connectivity index (χ2v) is 14.3. The molecule has 4 atom stereocenters. The number of aliphatic hydroxyl groups is 1. The molecule has 0 saturated carbocycles. The highest BCUT2D eigenvalue weighted by Gasteiger charge is 2.43. The molecule has 0 spiro atoms. The summed E-state index contributed by atoms with van der Waals surface area (Å²) < 4.78 is 17.6. The summed E-state index contributed by atoms with van der Waals surface area (Å²) in [7, 11) is -1.20. The lowest BCUT2D eigenvalue weighted by atomic mass is 10.0. The van der Waals surface area contributed by atoms with Crippen LogP contribution in [0.15, 0.2) is 42.2 Å². The van der Waals surface area contributed by atoms with Gasteiger partial charge in [-0.05, 0) is 24.6 Å². The van der Waals surface area contributed by atoms with Crippen molar-refractivity contribution in [1.29, 1.82) is 0 Å². The molecule has 1 fully saturated rings. The van der Waals surface area contributed by atoms with Gasteiger partial charge in [0.1, 0.15) is 24.0 Å². The van der Waals surface area contributed by atoms with Crippen LogP contribution in [-0.4, -0.2) is 62.6 Å². The summed E-state index contributed by atoms with van der Waals surface area (Å²) in [6.07, 6.45) is 0.361. The molecule has 156 valence electrons. The molecular formula is C21H33NO5Si. The van der Waals surface area contributed by atoms with Gasteiger partial charge >= 0.3 is 0 Å². The Morgan fingerprint density at radius 3 is 2.68 bits per heavy atom. The molecule has 0 radical (unpaired) electrons. The van der Waals surface area contributed by atoms with Crippen molar-refractivity contribution < 1.29 is 24.2 Å². The van der Waals surface area contributed by atoms with Gasteiger partial charge in [0.05, 0.1) is 26.4 Å². The minimum Gasteiger partial charge on any atom is -0.497 e. The summed E-state index contributed by atoms with van der Waals surface area (Å²) in [5.74, 6) is 0.818. The predicted octanol–water partition coefficient (Wildman–Crippen LogP) is 3.16. The van der Waals surface area contributed by atoms with E-state index < -0.39 is 20.3 Å². The fourth-order valence-corrected chi connectivity index (χ4v) is 4.09. The summed E-state index contributed by atoms with van der Waals surface area (Å²) >= 11 is 0. The average molecular weight is 408 g/mol. The minimum atomic E-state index is -1.20. The molecule has 1 aromatic rings. The first-order valence-electron chi connectivity index (χ1n) is 10.0. The summed E-state index contributed by atoms with van der Waals surface area (Å²) in [5.41, 5.74) is 1.13. The Kier molecular flexibility index (Phi) is 7.30. The van der Waals surface area contributed by atoms with Crippen LogP contribution < -0.4 is 0 Å². The van der Waals surface area contributed by atoms with Crippen molar-refractivity contribution in [2.75, 3.05) is 19.8 Å². The van der Waals surface area contributed by atoms with E-state index in [-0.39, 0.29) is 18.9 Å². The predicted molar refractivity (Wildman–Crippen MR) is 110 cm³/mol. The summed E-state index contributed by atoms with van der Waals surface area (Å²) in [6, 6.07) is 10.9. The maximum Gasteiger partial charge on any atom is 0.155 e. The van der Waals surface area contributed by atoms with Crippen molar-refractivity contribution in [3.63, 3.8) is 0 Å². The highest BCUT2D eigenvalue weighted by Crippen LogP contribution is 2.30. The zero-order chi connectivity index (χ0) is 20.1. The van der Waals surface area contributed by atoms with Crippen molar-refractivity contribution in [2.24, 2.45) is 0 Å². The molecule has 0 amide bonds. The third-order valence-corrected chi connectivity index (χ3v) is 6.67. The zero-order valence-electron chi connectivity index (χ0n) is 17.3. The molecule has 0 unspecified atom stereocenters. The van der Waals surface area contributed by atoms with Gasteiger partial charge in [-0.2, -0.15) is 5.06 Å². The van der Waals surface area contributed by atoms with Crippen molar-refractivity contribution in [3.05, 3.63) is 47.7 Å². The lowest BCUT2D eigenvalue weighted by Gasteiger charge is -2.43. The van der Waals surface area contributed by atoms with Gasteiger partial charge < -0.3 is 19.3 Å². The SMILES string of the molecule is C[C@H]1OC[C@@H](O)[C@@H]([C@@H]2C(OCC[Si](C)(C)C)=CCON2Cc2ccccc2)O1. The van der Waals surface area contributed by atoms with Gasteiger partial charge in [-0.3, -0.25) is 4.84 Å². The lowest BCUT2D eigenvalue weighted by molar-refractivity contribution is -0.290. The molecule has 6 nitrogen and oxygen atoms in total. The molecule has 3 rings (SSSR count). The van der Waals surface area contributed by atoms with E-state index in [1.807, 2.05) is 36.3 Å². The molecule has 2 heterocycles. The molecule has 7 heteroatoms. The van der Waals surface area contributed by atoms with E-state index in [2.05, 4.69) is 31.8 Å². The largest absolute Gasteiger partial charge is 0.497 e. The van der Waals surface area contributed by atoms with Crippen LogP contribution in [0.3, 0.4) is 0 Å². The Morgan fingerprint density at radius 2 is 1.96 bits per heavy atom. The van der Waals surface area contributed by atoms with Gasteiger partial charge in [-0.25, -0.2) is 0 Å². The van der Waals surface area contributed by atoms with Gasteiger partial charge in [0.25, 0.3) is 0 Å². The van der Waals surface area contributed by atoms with Crippen LogP contribution in [0, 0.1) is 0 Å². The number of hydrogen-bond donors (Lipinski definition) is 1. The molecule has 0 aliphatic carbocycles. The normalized spacial score (nSPS) is 29.4. The highest BCUT2D eigenvalue weighted by molar-refractivity contribution is 6.76. The summed E-state index contributed by atoms with van der Waals surface area (Å²) in [5, 5.41) is 12.5. The van der Waals surface area contributed by atoms with Crippen molar-refractivity contribution in [1.82, 2.24) is 5.06 Å². The molecule has 1 N–H and O–H groups in total. The van der Waals surface area contributed by atoms with E-state index in [4.69, 9.17) is 19.0 Å². The summed E-state index contributed by atoms with van der Waals surface area (Å²) in [6.45, 7) is 10.8. The minimum absolute atomic E-state index is 0.240. The number of ether oxygens (including phenoxy) is 3. The van der Waals surface area contributed by atoms with E-state index in [0.29, 0.717) is 19.8 Å². The lowest BCUT2D eigenvalue weighted by Crippen LogP contribution is -2.57. The number of hydrogen-bond acceptors (Lipinski definition) is 6. The summed E-state index contributed by atoms with van der Waals surface area (Å²) in [4.78, 5) is 5.96. The fourth-order valence-electron chi connectivity index (χ4n) is 3.38. The molecule has 1 saturated heterocycles. The number of benzene rings is 1. The van der Waals surface area contributed by atoms with Crippen LogP contribution in [0.4, 0.5) is 0 Å². The molecule has 0 bridgehead atoms. The van der Waals surface area contributed by atoms with Crippen LogP contribution in [0.5, 0.6) is 0 Å². The first kappa shape index (κ1) is 21.5. The Balaban J connectivity index is 1.79. The van der Waals surface area contributed by atoms with Crippen LogP contribution in [-0.2, 0) is 25.6 Å². The Bertz CT molecular complexity index is 648. The highest BCUT2D eigenvalue weighted by atomic mass is 28.3. The van der Waals surface area contributed by atoms with Crippen LogP contribution >= 0.6 is 0 Å². The molecule has 2 aliphatic heterocycles. The Hall–Kier alpha value is -1.22. The smallest absolute Gasteiger partial charge is 0.155 e. The number of hydroxylamine groups is 2. The second kappa shape index (κ2) is 9.52. The first-order valence-corrected chi connectivity index (χ1v) is 13.8. The topological polar surface area (TPSA) is 60.4 Å². The molecule has 28 heavy (non-hydrogen) atoms. The zero-order valence-corrected chi connectivity index (χ0v) is 18.3. The molecule has 2 aliphatic rings. The van der Waals surface area contributed by atoms with Gasteiger partial charge in [0, 0.05) is 8.07 Å². The molecular weight excluding hydrogens is 374 g/mol. The maximum absolute atomic E-state index is 10.6. The first-order chi connectivity index (χ1) is 13.3. The van der Waals surface area contributed by atoms with E-state index in [0.717, 1.165) is 17.4 Å². The third-order valence-electron chi connectivity index (χ3n) is 4.97. The molecule has 1 aromatic carbocycles. The molecule has 0 aromatic heterocycles. The monoisotopic (exact) mass is 407 g/mol. The standard InChI is InChI=1S/C21H33NO5Si/c1-16-25-15-18(23)21(27-16)20-19(24-12-13-28(2,3)4)10-11-26-22(20)14-17-8-6-5-7-9-17/h5-10,16,18,20-21,23H,11-15H2,1-4H3/t16-,18+,20-,21-/m0/s1. The van der Waals surface area contributed by atoms with Gasteiger partial charge in [-0.15, -0.1) is 0 Å².